The minimum absolute atomic E-state index is 0.269. The Morgan fingerprint density at radius 2 is 2.11 bits per heavy atom. The van der Waals surface area contributed by atoms with Crippen molar-refractivity contribution < 1.29 is 9.84 Å². The summed E-state index contributed by atoms with van der Waals surface area (Å²) in [5, 5.41) is 9.80. The normalized spacial score (nSPS) is 27.1. The quantitative estimate of drug-likeness (QED) is 0.854. The van der Waals surface area contributed by atoms with Crippen molar-refractivity contribution in [3.05, 3.63) is 10.8 Å². The van der Waals surface area contributed by atoms with Crippen LogP contribution in [-0.4, -0.2) is 35.1 Å². The molecule has 3 nitrogen and oxygen atoms in total. The van der Waals surface area contributed by atoms with E-state index in [1.807, 2.05) is 11.8 Å². The molecule has 0 aromatic rings. The molecule has 0 aromatic heterocycles. The van der Waals surface area contributed by atoms with Crippen LogP contribution in [0.5, 0.6) is 0 Å². The molecule has 1 saturated carbocycles. The van der Waals surface area contributed by atoms with Crippen LogP contribution in [0, 0.1) is 5.92 Å². The zero-order chi connectivity index (χ0) is 12.4. The molecular formula is C14H23NO2S. The average Bonchev–Trinajstić information content (AvgIpc) is 2.85. The van der Waals surface area contributed by atoms with E-state index in [4.69, 9.17) is 4.74 Å². The van der Waals surface area contributed by atoms with E-state index in [2.05, 4.69) is 4.90 Å². The molecule has 0 amide bonds. The van der Waals surface area contributed by atoms with Crippen molar-refractivity contribution in [2.45, 2.75) is 51.0 Å². The Morgan fingerprint density at radius 1 is 1.28 bits per heavy atom. The molecule has 1 fully saturated rings. The standard InChI is InChI=1S/C14H23NO2S/c16-9-12(11-5-2-1-3-6-11)15-10-18-13-7-4-8-17-14(13)15/h11-12,16H,1-10H2/t12-/m1/s1. The Morgan fingerprint density at radius 3 is 2.89 bits per heavy atom. The molecule has 3 rings (SSSR count). The van der Waals surface area contributed by atoms with Crippen LogP contribution in [0.4, 0.5) is 0 Å². The van der Waals surface area contributed by atoms with Crippen molar-refractivity contribution in [3.8, 4) is 0 Å². The highest BCUT2D eigenvalue weighted by atomic mass is 32.2. The molecular weight excluding hydrogens is 246 g/mol. The predicted molar refractivity (Wildman–Crippen MR) is 74.0 cm³/mol. The number of ether oxygens (including phenoxy) is 1. The van der Waals surface area contributed by atoms with Gasteiger partial charge in [-0.3, -0.25) is 0 Å². The van der Waals surface area contributed by atoms with Crippen LogP contribution >= 0.6 is 11.8 Å². The van der Waals surface area contributed by atoms with E-state index in [0.29, 0.717) is 5.92 Å². The average molecular weight is 269 g/mol. The maximum Gasteiger partial charge on any atom is 0.200 e. The molecule has 102 valence electrons. The van der Waals surface area contributed by atoms with Crippen LogP contribution in [0.1, 0.15) is 44.9 Å². The van der Waals surface area contributed by atoms with Gasteiger partial charge in [-0.2, -0.15) is 0 Å². The van der Waals surface area contributed by atoms with Crippen LogP contribution in [0.2, 0.25) is 0 Å². The summed E-state index contributed by atoms with van der Waals surface area (Å²) in [5.41, 5.74) is 0. The predicted octanol–water partition coefficient (Wildman–Crippen LogP) is 2.91. The lowest BCUT2D eigenvalue weighted by Crippen LogP contribution is -2.42. The van der Waals surface area contributed by atoms with Gasteiger partial charge < -0.3 is 14.7 Å². The smallest absolute Gasteiger partial charge is 0.200 e. The molecule has 4 heteroatoms. The van der Waals surface area contributed by atoms with Gasteiger partial charge in [0.2, 0.25) is 0 Å². The number of aliphatic hydroxyl groups is 1. The van der Waals surface area contributed by atoms with Gasteiger partial charge in [0, 0.05) is 4.91 Å². The second-order valence-electron chi connectivity index (χ2n) is 5.57. The summed E-state index contributed by atoms with van der Waals surface area (Å²) >= 11 is 1.91. The highest BCUT2D eigenvalue weighted by Gasteiger charge is 2.36. The number of hydrogen-bond acceptors (Lipinski definition) is 4. The lowest BCUT2D eigenvalue weighted by Gasteiger charge is -2.37. The van der Waals surface area contributed by atoms with E-state index in [1.165, 1.54) is 43.4 Å². The summed E-state index contributed by atoms with van der Waals surface area (Å²) in [5.74, 6) is 2.73. The Labute approximate surface area is 114 Å². The minimum atomic E-state index is 0.269. The third-order valence-corrected chi connectivity index (χ3v) is 5.58. The van der Waals surface area contributed by atoms with Crippen LogP contribution in [0.25, 0.3) is 0 Å². The molecule has 0 saturated heterocycles. The first kappa shape index (κ1) is 12.7. The fourth-order valence-corrected chi connectivity index (χ4v) is 4.63. The summed E-state index contributed by atoms with van der Waals surface area (Å²) in [6.45, 7) is 1.12. The molecule has 0 radical (unpaired) electrons. The number of allylic oxidation sites excluding steroid dienone is 1. The fourth-order valence-electron chi connectivity index (χ4n) is 3.44. The zero-order valence-corrected chi connectivity index (χ0v) is 11.8. The third kappa shape index (κ3) is 2.37. The van der Waals surface area contributed by atoms with Crippen molar-refractivity contribution in [2.24, 2.45) is 5.92 Å². The van der Waals surface area contributed by atoms with Gasteiger partial charge in [0.1, 0.15) is 0 Å². The van der Waals surface area contributed by atoms with Gasteiger partial charge in [0.25, 0.3) is 0 Å². The number of rotatable bonds is 3. The first-order valence-corrected chi connectivity index (χ1v) is 8.25. The summed E-state index contributed by atoms with van der Waals surface area (Å²) in [6.07, 6.45) is 8.88. The van der Waals surface area contributed by atoms with E-state index < -0.39 is 0 Å². The lowest BCUT2D eigenvalue weighted by molar-refractivity contribution is 0.0353. The van der Waals surface area contributed by atoms with E-state index in [-0.39, 0.29) is 12.6 Å². The van der Waals surface area contributed by atoms with Crippen molar-refractivity contribution in [2.75, 3.05) is 19.1 Å². The molecule has 2 aliphatic heterocycles. The second kappa shape index (κ2) is 5.74. The molecule has 18 heavy (non-hydrogen) atoms. The van der Waals surface area contributed by atoms with Crippen LogP contribution in [0.3, 0.4) is 0 Å². The van der Waals surface area contributed by atoms with Crippen LogP contribution in [-0.2, 0) is 4.74 Å². The van der Waals surface area contributed by atoms with E-state index >= 15 is 0 Å². The maximum atomic E-state index is 9.80. The number of thioether (sulfide) groups is 1. The lowest BCUT2D eigenvalue weighted by atomic mass is 9.83. The van der Waals surface area contributed by atoms with Gasteiger partial charge in [0.15, 0.2) is 5.88 Å². The van der Waals surface area contributed by atoms with Gasteiger partial charge in [0.05, 0.1) is 25.1 Å². The Balaban J connectivity index is 1.73. The second-order valence-corrected chi connectivity index (χ2v) is 6.61. The molecule has 0 spiro atoms. The minimum Gasteiger partial charge on any atom is -0.478 e. The Hall–Kier alpha value is -0.350. The molecule has 1 atom stereocenters. The number of hydrogen-bond donors (Lipinski definition) is 1. The van der Waals surface area contributed by atoms with Gasteiger partial charge in [-0.05, 0) is 31.6 Å². The molecule has 3 aliphatic rings. The number of nitrogens with zero attached hydrogens (tertiary/aromatic N) is 1. The monoisotopic (exact) mass is 269 g/mol. The highest BCUT2D eigenvalue weighted by Crippen LogP contribution is 2.42. The van der Waals surface area contributed by atoms with E-state index in [0.717, 1.165) is 24.8 Å². The molecule has 0 aromatic carbocycles. The third-order valence-electron chi connectivity index (χ3n) is 4.45. The molecule has 1 N–H and O–H groups in total. The summed E-state index contributed by atoms with van der Waals surface area (Å²) in [6, 6.07) is 0.281. The van der Waals surface area contributed by atoms with Crippen LogP contribution < -0.4 is 0 Å². The number of aliphatic hydroxyl groups excluding tert-OH is 1. The van der Waals surface area contributed by atoms with E-state index in [1.54, 1.807) is 0 Å². The first-order chi connectivity index (χ1) is 8.90. The zero-order valence-electron chi connectivity index (χ0n) is 10.9. The molecule has 0 unspecified atom stereocenters. The van der Waals surface area contributed by atoms with Crippen molar-refractivity contribution in [3.63, 3.8) is 0 Å². The van der Waals surface area contributed by atoms with Crippen molar-refractivity contribution in [1.82, 2.24) is 4.90 Å². The Bertz CT molecular complexity index is 326. The Kier molecular flexibility index (Phi) is 4.04. The first-order valence-electron chi connectivity index (χ1n) is 7.26. The van der Waals surface area contributed by atoms with Crippen LogP contribution in [0.15, 0.2) is 10.8 Å². The van der Waals surface area contributed by atoms with Gasteiger partial charge in [-0.15, -0.1) is 11.8 Å². The van der Waals surface area contributed by atoms with Crippen molar-refractivity contribution in [1.29, 1.82) is 0 Å². The summed E-state index contributed by atoms with van der Waals surface area (Å²) in [4.78, 5) is 3.75. The molecule has 2 heterocycles. The van der Waals surface area contributed by atoms with E-state index in [9.17, 15) is 5.11 Å². The largest absolute Gasteiger partial charge is 0.478 e. The molecule has 0 bridgehead atoms. The van der Waals surface area contributed by atoms with Gasteiger partial charge >= 0.3 is 0 Å². The summed E-state index contributed by atoms with van der Waals surface area (Å²) < 4.78 is 5.86. The highest BCUT2D eigenvalue weighted by molar-refractivity contribution is 8.03. The fraction of sp³-hybridized carbons (Fsp3) is 0.857. The topological polar surface area (TPSA) is 32.7 Å². The molecule has 1 aliphatic carbocycles. The van der Waals surface area contributed by atoms with Crippen molar-refractivity contribution >= 4 is 11.8 Å². The summed E-state index contributed by atoms with van der Waals surface area (Å²) in [7, 11) is 0. The van der Waals surface area contributed by atoms with Gasteiger partial charge in [-0.1, -0.05) is 19.3 Å². The van der Waals surface area contributed by atoms with Gasteiger partial charge in [-0.25, -0.2) is 0 Å². The SMILES string of the molecule is OC[C@H](C1CCCCC1)N1CSC2=C1OCCC2. The maximum absolute atomic E-state index is 9.80.